The minimum Gasteiger partial charge on any atom is -0.507 e. The predicted molar refractivity (Wildman–Crippen MR) is 70.3 cm³/mol. The fraction of sp³-hybridized carbons (Fsp3) is 0.0833. The number of hydrogen-bond acceptors (Lipinski definition) is 6. The summed E-state index contributed by atoms with van der Waals surface area (Å²) in [5.74, 6) is -1.65. The molecule has 0 aliphatic carbocycles. The zero-order valence-corrected chi connectivity index (χ0v) is 10.8. The number of benzene rings is 1. The van der Waals surface area contributed by atoms with Gasteiger partial charge in [0.15, 0.2) is 6.61 Å². The molecule has 0 saturated carbocycles. The molecule has 1 heterocycles. The first-order valence-electron chi connectivity index (χ1n) is 5.38. The van der Waals surface area contributed by atoms with E-state index in [-0.39, 0.29) is 16.4 Å². The number of thioether (sulfide) groups is 1. The number of hydrogen-bond donors (Lipinski definition) is 3. The highest BCUT2D eigenvalue weighted by Gasteiger charge is 2.25. The number of carbonyl (C=O) groups is 3. The fourth-order valence-electron chi connectivity index (χ4n) is 1.44. The largest absolute Gasteiger partial charge is 0.507 e. The number of carboxylic acids is 1. The maximum Gasteiger partial charge on any atom is 0.341 e. The first-order chi connectivity index (χ1) is 9.45. The molecule has 7 nitrogen and oxygen atoms in total. The van der Waals surface area contributed by atoms with E-state index in [4.69, 9.17) is 9.84 Å². The van der Waals surface area contributed by atoms with E-state index in [0.717, 1.165) is 11.8 Å². The molecule has 1 fully saturated rings. The van der Waals surface area contributed by atoms with Crippen LogP contribution in [0.25, 0.3) is 6.08 Å². The number of amides is 2. The Morgan fingerprint density at radius 1 is 1.40 bits per heavy atom. The van der Waals surface area contributed by atoms with Gasteiger partial charge in [-0.1, -0.05) is 0 Å². The Hall–Kier alpha value is -2.48. The average molecular weight is 295 g/mol. The van der Waals surface area contributed by atoms with E-state index in [1.807, 2.05) is 0 Å². The second-order valence-corrected chi connectivity index (χ2v) is 4.77. The van der Waals surface area contributed by atoms with Crippen LogP contribution in [0.5, 0.6) is 11.5 Å². The summed E-state index contributed by atoms with van der Waals surface area (Å²) in [7, 11) is 0. The molecule has 0 atom stereocenters. The van der Waals surface area contributed by atoms with Gasteiger partial charge in [-0.05, 0) is 30.0 Å². The van der Waals surface area contributed by atoms with E-state index < -0.39 is 23.7 Å². The van der Waals surface area contributed by atoms with Crippen molar-refractivity contribution in [1.29, 1.82) is 0 Å². The summed E-state index contributed by atoms with van der Waals surface area (Å²) in [4.78, 5) is 32.9. The molecule has 2 amide bonds. The van der Waals surface area contributed by atoms with Gasteiger partial charge < -0.3 is 14.9 Å². The van der Waals surface area contributed by atoms with Crippen LogP contribution in [-0.2, 0) is 9.59 Å². The van der Waals surface area contributed by atoms with Crippen LogP contribution in [-0.4, -0.2) is 33.9 Å². The second-order valence-electron chi connectivity index (χ2n) is 3.76. The Labute approximate surface area is 117 Å². The number of aromatic hydroxyl groups is 1. The number of carboxylic acid groups (broad SMARTS) is 1. The molecule has 20 heavy (non-hydrogen) atoms. The highest BCUT2D eigenvalue weighted by Crippen LogP contribution is 2.30. The van der Waals surface area contributed by atoms with Crippen molar-refractivity contribution in [3.05, 3.63) is 28.7 Å². The van der Waals surface area contributed by atoms with E-state index in [1.165, 1.54) is 24.3 Å². The highest BCUT2D eigenvalue weighted by molar-refractivity contribution is 8.18. The fourth-order valence-corrected chi connectivity index (χ4v) is 2.12. The van der Waals surface area contributed by atoms with Gasteiger partial charge in [0, 0.05) is 11.6 Å². The Bertz CT molecular complexity index is 624. The van der Waals surface area contributed by atoms with Gasteiger partial charge in [0.2, 0.25) is 0 Å². The SMILES string of the molecule is O=C(O)COc1ccc(/C=C2\SC(=O)NC2=O)c(O)c1. The first-order valence-corrected chi connectivity index (χ1v) is 6.20. The number of aliphatic carboxylic acids is 1. The topological polar surface area (TPSA) is 113 Å². The molecular formula is C12H9NO6S. The first kappa shape index (κ1) is 13.9. The number of rotatable bonds is 4. The molecule has 1 aliphatic heterocycles. The Balaban J connectivity index is 2.18. The second kappa shape index (κ2) is 5.66. The molecule has 1 aromatic carbocycles. The standard InChI is InChI=1S/C12H9NO6S/c14-8-4-7(19-5-10(15)16)2-1-6(8)3-9-11(17)13-12(18)20-9/h1-4,14H,5H2,(H,15,16)(H,13,17,18)/b9-3-. The van der Waals surface area contributed by atoms with Crippen LogP contribution in [0.15, 0.2) is 23.1 Å². The molecule has 0 radical (unpaired) electrons. The number of carbonyl (C=O) groups excluding carboxylic acids is 2. The van der Waals surface area contributed by atoms with Crippen molar-refractivity contribution in [2.75, 3.05) is 6.61 Å². The van der Waals surface area contributed by atoms with Crippen LogP contribution in [0.1, 0.15) is 5.56 Å². The van der Waals surface area contributed by atoms with E-state index in [2.05, 4.69) is 5.32 Å². The molecule has 8 heteroatoms. The minimum absolute atomic E-state index is 0.171. The summed E-state index contributed by atoms with van der Waals surface area (Å²) in [6.45, 7) is -0.521. The van der Waals surface area contributed by atoms with E-state index in [1.54, 1.807) is 0 Å². The monoisotopic (exact) mass is 295 g/mol. The van der Waals surface area contributed by atoms with Crippen molar-refractivity contribution in [1.82, 2.24) is 5.32 Å². The van der Waals surface area contributed by atoms with Crippen molar-refractivity contribution in [2.45, 2.75) is 0 Å². The molecule has 104 valence electrons. The van der Waals surface area contributed by atoms with Crippen LogP contribution in [0, 0.1) is 0 Å². The molecule has 0 unspecified atom stereocenters. The van der Waals surface area contributed by atoms with Gasteiger partial charge in [-0.2, -0.15) is 0 Å². The van der Waals surface area contributed by atoms with E-state index in [9.17, 15) is 19.5 Å². The molecule has 0 bridgehead atoms. The van der Waals surface area contributed by atoms with Gasteiger partial charge in [0.25, 0.3) is 11.1 Å². The summed E-state index contributed by atoms with van der Waals surface area (Å²) in [5.41, 5.74) is 0.319. The molecule has 1 saturated heterocycles. The van der Waals surface area contributed by atoms with E-state index in [0.29, 0.717) is 5.56 Å². The molecule has 0 spiro atoms. The minimum atomic E-state index is -1.13. The summed E-state index contributed by atoms with van der Waals surface area (Å²) in [6.07, 6.45) is 1.36. The number of phenolic OH excluding ortho intramolecular Hbond substituents is 1. The lowest BCUT2D eigenvalue weighted by atomic mass is 10.1. The Kier molecular flexibility index (Phi) is 3.94. The molecule has 1 aromatic rings. The van der Waals surface area contributed by atoms with E-state index >= 15 is 0 Å². The number of nitrogens with one attached hydrogen (secondary N) is 1. The van der Waals surface area contributed by atoms with Crippen LogP contribution < -0.4 is 10.1 Å². The summed E-state index contributed by atoms with van der Waals surface area (Å²) < 4.78 is 4.89. The van der Waals surface area contributed by atoms with Crippen LogP contribution in [0.2, 0.25) is 0 Å². The number of imide groups is 1. The van der Waals surface area contributed by atoms with Crippen molar-refractivity contribution in [3.63, 3.8) is 0 Å². The number of phenols is 1. The quantitative estimate of drug-likeness (QED) is 0.715. The predicted octanol–water partition coefficient (Wildman–Crippen LogP) is 1.18. The zero-order chi connectivity index (χ0) is 14.7. The maximum atomic E-state index is 11.4. The van der Waals surface area contributed by atoms with Crippen molar-refractivity contribution in [2.24, 2.45) is 0 Å². The van der Waals surface area contributed by atoms with Crippen LogP contribution in [0.3, 0.4) is 0 Å². The third kappa shape index (κ3) is 3.29. The molecule has 0 aromatic heterocycles. The van der Waals surface area contributed by atoms with Gasteiger partial charge in [-0.25, -0.2) is 4.79 Å². The van der Waals surface area contributed by atoms with Gasteiger partial charge in [0.1, 0.15) is 11.5 Å². The maximum absolute atomic E-state index is 11.4. The highest BCUT2D eigenvalue weighted by atomic mass is 32.2. The van der Waals surface area contributed by atoms with Gasteiger partial charge in [-0.15, -0.1) is 0 Å². The molecule has 3 N–H and O–H groups in total. The van der Waals surface area contributed by atoms with Crippen LogP contribution in [0.4, 0.5) is 4.79 Å². The molecule has 1 aliphatic rings. The molecular weight excluding hydrogens is 286 g/mol. The lowest BCUT2D eigenvalue weighted by molar-refractivity contribution is -0.139. The lowest BCUT2D eigenvalue weighted by Crippen LogP contribution is -2.17. The average Bonchev–Trinajstić information content (AvgIpc) is 2.68. The normalized spacial score (nSPS) is 16.3. The van der Waals surface area contributed by atoms with Crippen molar-refractivity contribution >= 4 is 35.0 Å². The zero-order valence-electron chi connectivity index (χ0n) is 9.95. The summed E-state index contributed by atoms with van der Waals surface area (Å²) in [5, 5.41) is 19.9. The molecule has 2 rings (SSSR count). The lowest BCUT2D eigenvalue weighted by Gasteiger charge is -2.05. The number of ether oxygens (including phenoxy) is 1. The third-order valence-electron chi connectivity index (χ3n) is 2.29. The van der Waals surface area contributed by atoms with Crippen molar-refractivity contribution < 1.29 is 29.3 Å². The van der Waals surface area contributed by atoms with Gasteiger partial charge in [-0.3, -0.25) is 14.9 Å². The van der Waals surface area contributed by atoms with Crippen molar-refractivity contribution in [3.8, 4) is 11.5 Å². The van der Waals surface area contributed by atoms with Crippen LogP contribution >= 0.6 is 11.8 Å². The summed E-state index contributed by atoms with van der Waals surface area (Å²) >= 11 is 0.737. The smallest absolute Gasteiger partial charge is 0.341 e. The Morgan fingerprint density at radius 3 is 2.70 bits per heavy atom. The third-order valence-corrected chi connectivity index (χ3v) is 3.10. The Morgan fingerprint density at radius 2 is 2.15 bits per heavy atom. The summed E-state index contributed by atoms with van der Waals surface area (Å²) in [6, 6.07) is 4.14. The van der Waals surface area contributed by atoms with Gasteiger partial charge in [0.05, 0.1) is 4.91 Å². The van der Waals surface area contributed by atoms with Gasteiger partial charge >= 0.3 is 5.97 Å².